The van der Waals surface area contributed by atoms with E-state index < -0.39 is 0 Å². The second kappa shape index (κ2) is 4.89. The predicted octanol–water partition coefficient (Wildman–Crippen LogP) is 4.27. The van der Waals surface area contributed by atoms with Gasteiger partial charge in [-0.05, 0) is 37.5 Å². The second-order valence-corrected chi connectivity index (χ2v) is 4.53. The Hall–Kier alpha value is -0.690. The smallest absolute Gasteiger partial charge is 0.0497 e. The maximum absolute atomic E-state index is 6.01. The van der Waals surface area contributed by atoms with Gasteiger partial charge in [0.15, 0.2) is 0 Å². The Morgan fingerprint density at radius 3 is 3.07 bits per heavy atom. The van der Waals surface area contributed by atoms with Gasteiger partial charge in [-0.1, -0.05) is 31.0 Å². The molecule has 0 unspecified atom stereocenters. The first kappa shape index (κ1) is 10.8. The highest BCUT2D eigenvalue weighted by molar-refractivity contribution is 6.30. The molecule has 1 saturated heterocycles. The van der Waals surface area contributed by atoms with Crippen molar-refractivity contribution in [1.29, 1.82) is 0 Å². The number of nitrogens with zero attached hydrogens (tertiary/aromatic N) is 1. The van der Waals surface area contributed by atoms with Crippen molar-refractivity contribution in [3.05, 3.63) is 35.8 Å². The van der Waals surface area contributed by atoms with E-state index in [1.165, 1.54) is 31.4 Å². The Balaban J connectivity index is 2.15. The molecule has 0 amide bonds. The Morgan fingerprint density at radius 1 is 1.47 bits per heavy atom. The molecule has 1 aromatic carbocycles. The van der Waals surface area contributed by atoms with Gasteiger partial charge in [0.2, 0.25) is 0 Å². The maximum atomic E-state index is 6.01. The van der Waals surface area contributed by atoms with Crippen LogP contribution >= 0.6 is 11.6 Å². The van der Waals surface area contributed by atoms with Crippen molar-refractivity contribution in [1.82, 2.24) is 0 Å². The van der Waals surface area contributed by atoms with Crippen molar-refractivity contribution >= 4 is 17.3 Å². The van der Waals surface area contributed by atoms with Crippen LogP contribution in [-0.2, 0) is 0 Å². The number of rotatable bonds is 3. The number of halogens is 1. The van der Waals surface area contributed by atoms with Crippen LogP contribution in [0.3, 0.4) is 0 Å². The molecule has 0 aromatic heterocycles. The lowest BCUT2D eigenvalue weighted by molar-refractivity contribution is 0.603. The summed E-state index contributed by atoms with van der Waals surface area (Å²) in [5.74, 6) is 0. The minimum Gasteiger partial charge on any atom is -0.363 e. The van der Waals surface area contributed by atoms with E-state index in [1.54, 1.807) is 0 Å². The zero-order valence-corrected chi connectivity index (χ0v) is 9.87. The average molecular weight is 223 g/mol. The van der Waals surface area contributed by atoms with Crippen LogP contribution in [0.1, 0.15) is 32.6 Å². The van der Waals surface area contributed by atoms with Crippen molar-refractivity contribution < 1.29 is 0 Å². The van der Waals surface area contributed by atoms with Crippen molar-refractivity contribution in [2.75, 3.05) is 4.90 Å². The fourth-order valence-electron chi connectivity index (χ4n) is 2.26. The molecule has 1 aliphatic heterocycles. The SMILES string of the molecule is CCC[C@@H]1CC[CH]N1c1cccc(Cl)c1. The van der Waals surface area contributed by atoms with Crippen molar-refractivity contribution in [3.8, 4) is 0 Å². The third kappa shape index (κ3) is 2.46. The van der Waals surface area contributed by atoms with E-state index in [0.29, 0.717) is 6.04 Å². The van der Waals surface area contributed by atoms with Crippen LogP contribution < -0.4 is 4.90 Å². The van der Waals surface area contributed by atoms with Crippen LogP contribution in [0.4, 0.5) is 5.69 Å². The third-order valence-electron chi connectivity index (χ3n) is 2.95. The van der Waals surface area contributed by atoms with Gasteiger partial charge in [0.1, 0.15) is 0 Å². The lowest BCUT2D eigenvalue weighted by atomic mass is 10.1. The lowest BCUT2D eigenvalue weighted by Crippen LogP contribution is -2.26. The molecular weight excluding hydrogens is 206 g/mol. The van der Waals surface area contributed by atoms with Crippen LogP contribution in [0.25, 0.3) is 0 Å². The Kier molecular flexibility index (Phi) is 3.53. The molecule has 1 atom stereocenters. The highest BCUT2D eigenvalue weighted by Crippen LogP contribution is 2.31. The summed E-state index contributed by atoms with van der Waals surface area (Å²) in [4.78, 5) is 2.38. The molecule has 2 heteroatoms. The topological polar surface area (TPSA) is 3.24 Å². The van der Waals surface area contributed by atoms with E-state index in [4.69, 9.17) is 11.6 Å². The first-order valence-electron chi connectivity index (χ1n) is 5.68. The molecule has 1 radical (unpaired) electrons. The van der Waals surface area contributed by atoms with Gasteiger partial charge in [-0.25, -0.2) is 0 Å². The van der Waals surface area contributed by atoms with Gasteiger partial charge in [0.05, 0.1) is 0 Å². The van der Waals surface area contributed by atoms with Crippen LogP contribution in [-0.4, -0.2) is 6.04 Å². The fraction of sp³-hybridized carbons (Fsp3) is 0.462. The van der Waals surface area contributed by atoms with Crippen LogP contribution in [0.2, 0.25) is 5.02 Å². The molecule has 1 aromatic rings. The Bertz CT molecular complexity index is 324. The highest BCUT2D eigenvalue weighted by Gasteiger charge is 2.24. The molecule has 2 rings (SSSR count). The molecular formula is C13H17ClN. The number of benzene rings is 1. The zero-order valence-electron chi connectivity index (χ0n) is 9.12. The van der Waals surface area contributed by atoms with E-state index in [1.807, 2.05) is 18.2 Å². The molecule has 15 heavy (non-hydrogen) atoms. The van der Waals surface area contributed by atoms with E-state index in [-0.39, 0.29) is 0 Å². The number of hydrogen-bond acceptors (Lipinski definition) is 1. The predicted molar refractivity (Wildman–Crippen MR) is 66.2 cm³/mol. The molecule has 1 aliphatic rings. The minimum absolute atomic E-state index is 0.675. The second-order valence-electron chi connectivity index (χ2n) is 4.09. The standard InChI is InChI=1S/C13H17ClN/c1-2-5-12-8-4-9-15(12)13-7-3-6-11(14)10-13/h3,6-7,9-10,12H,2,4-5,8H2,1H3/t12-/m1/s1. The summed E-state index contributed by atoms with van der Waals surface area (Å²) in [5.41, 5.74) is 1.23. The summed E-state index contributed by atoms with van der Waals surface area (Å²) >= 11 is 6.01. The third-order valence-corrected chi connectivity index (χ3v) is 3.18. The van der Waals surface area contributed by atoms with E-state index in [9.17, 15) is 0 Å². The maximum Gasteiger partial charge on any atom is 0.0497 e. The van der Waals surface area contributed by atoms with Crippen LogP contribution in [0, 0.1) is 6.54 Å². The van der Waals surface area contributed by atoms with E-state index >= 15 is 0 Å². The summed E-state index contributed by atoms with van der Waals surface area (Å²) in [6.07, 6.45) is 4.98. The normalized spacial score (nSPS) is 20.9. The van der Waals surface area contributed by atoms with Gasteiger partial charge in [0.25, 0.3) is 0 Å². The summed E-state index contributed by atoms with van der Waals surface area (Å²) in [6.45, 7) is 4.54. The molecule has 0 aliphatic carbocycles. The summed E-state index contributed by atoms with van der Waals surface area (Å²) < 4.78 is 0. The first-order valence-corrected chi connectivity index (χ1v) is 6.06. The molecule has 0 N–H and O–H groups in total. The quantitative estimate of drug-likeness (QED) is 0.738. The minimum atomic E-state index is 0.675. The Labute approximate surface area is 97.0 Å². The molecule has 1 fully saturated rings. The lowest BCUT2D eigenvalue weighted by Gasteiger charge is -2.26. The van der Waals surface area contributed by atoms with Crippen LogP contribution in [0.5, 0.6) is 0 Å². The van der Waals surface area contributed by atoms with E-state index in [0.717, 1.165) is 5.02 Å². The highest BCUT2D eigenvalue weighted by atomic mass is 35.5. The monoisotopic (exact) mass is 222 g/mol. The van der Waals surface area contributed by atoms with Gasteiger partial charge in [0, 0.05) is 23.3 Å². The molecule has 0 bridgehead atoms. The van der Waals surface area contributed by atoms with E-state index in [2.05, 4.69) is 24.4 Å². The molecule has 0 spiro atoms. The Morgan fingerprint density at radius 2 is 2.33 bits per heavy atom. The fourth-order valence-corrected chi connectivity index (χ4v) is 2.45. The molecule has 1 nitrogen and oxygen atoms in total. The average Bonchev–Trinajstić information content (AvgIpc) is 2.66. The number of anilines is 1. The van der Waals surface area contributed by atoms with Gasteiger partial charge < -0.3 is 4.90 Å². The van der Waals surface area contributed by atoms with Crippen LogP contribution in [0.15, 0.2) is 24.3 Å². The van der Waals surface area contributed by atoms with Gasteiger partial charge in [-0.2, -0.15) is 0 Å². The molecule has 0 saturated carbocycles. The molecule has 1 heterocycles. The van der Waals surface area contributed by atoms with Crippen molar-refractivity contribution in [2.45, 2.75) is 38.6 Å². The van der Waals surface area contributed by atoms with Gasteiger partial charge in [-0.15, -0.1) is 0 Å². The first-order chi connectivity index (χ1) is 7.31. The largest absolute Gasteiger partial charge is 0.363 e. The van der Waals surface area contributed by atoms with Crippen molar-refractivity contribution in [2.24, 2.45) is 0 Å². The van der Waals surface area contributed by atoms with Crippen molar-refractivity contribution in [3.63, 3.8) is 0 Å². The summed E-state index contributed by atoms with van der Waals surface area (Å²) in [7, 11) is 0. The van der Waals surface area contributed by atoms with Gasteiger partial charge in [-0.3, -0.25) is 0 Å². The van der Waals surface area contributed by atoms with Gasteiger partial charge >= 0.3 is 0 Å². The summed E-state index contributed by atoms with van der Waals surface area (Å²) in [5, 5.41) is 0.822. The summed E-state index contributed by atoms with van der Waals surface area (Å²) in [6, 6.07) is 8.80. The number of hydrogen-bond donors (Lipinski definition) is 0. The zero-order chi connectivity index (χ0) is 10.7. The molecule has 81 valence electrons.